The number of likely N-dealkylation sites (N-methyl/N-ethyl adjacent to an activating group) is 1. The van der Waals surface area contributed by atoms with Crippen molar-refractivity contribution in [1.29, 1.82) is 0 Å². The molecular weight excluding hydrogens is 507 g/mol. The van der Waals surface area contributed by atoms with Crippen LogP contribution in [0.15, 0.2) is 109 Å². The van der Waals surface area contributed by atoms with E-state index in [-0.39, 0.29) is 17.8 Å². The number of carbonyl (C=O) groups is 3. The molecule has 4 amide bonds. The molecule has 0 saturated carbocycles. The summed E-state index contributed by atoms with van der Waals surface area (Å²) < 4.78 is 1.88. The Morgan fingerprint density at radius 1 is 0.821 bits per heavy atom. The van der Waals surface area contributed by atoms with Gasteiger partial charge in [-0.2, -0.15) is 4.67 Å². The predicted octanol–water partition coefficient (Wildman–Crippen LogP) is 4.09. The van der Waals surface area contributed by atoms with E-state index < -0.39 is 13.5 Å². The number of nitrogens with zero attached hydrogens (tertiary/aromatic N) is 2. The number of hydrogen-bond donors (Lipinski definition) is 2. The van der Waals surface area contributed by atoms with Gasteiger partial charge in [-0.15, -0.1) is 0 Å². The number of H-pyrrole nitrogens is 1. The second-order valence-electron chi connectivity index (χ2n) is 9.35. The molecule has 2 N–H and O–H groups in total. The van der Waals surface area contributed by atoms with Gasteiger partial charge in [-0.25, -0.2) is 4.79 Å². The van der Waals surface area contributed by atoms with Crippen LogP contribution in [0.2, 0.25) is 0 Å². The normalized spacial score (nSPS) is 15.6. The summed E-state index contributed by atoms with van der Waals surface area (Å²) in [7, 11) is -2.78. The first-order valence-corrected chi connectivity index (χ1v) is 15.0. The van der Waals surface area contributed by atoms with Crippen LogP contribution in [0.5, 0.6) is 0 Å². The molecule has 7 nitrogen and oxygen atoms in total. The van der Waals surface area contributed by atoms with Crippen molar-refractivity contribution in [3.05, 3.63) is 115 Å². The zero-order chi connectivity index (χ0) is 27.2. The molecule has 1 aliphatic rings. The second-order valence-corrected chi connectivity index (χ2v) is 12.6. The number of aromatic amines is 1. The summed E-state index contributed by atoms with van der Waals surface area (Å²) >= 11 is 0. The topological polar surface area (TPSA) is 85.5 Å². The molecule has 0 aliphatic carbocycles. The number of urea groups is 1. The number of amides is 4. The van der Waals surface area contributed by atoms with Crippen molar-refractivity contribution >= 4 is 41.2 Å². The Hall–Kier alpha value is -4.22. The summed E-state index contributed by atoms with van der Waals surface area (Å²) in [6.07, 6.45) is 2.68. The predicted molar refractivity (Wildman–Crippen MR) is 156 cm³/mol. The third-order valence-corrected chi connectivity index (χ3v) is 11.3. The van der Waals surface area contributed by atoms with Crippen molar-refractivity contribution in [3.8, 4) is 0 Å². The maximum Gasteiger partial charge on any atom is 0.360 e. The molecule has 198 valence electrons. The molecule has 39 heavy (non-hydrogen) atoms. The molecule has 2 heterocycles. The molecular formula is C31H32N4O3P+. The first kappa shape index (κ1) is 26.4. The lowest BCUT2D eigenvalue weighted by Crippen LogP contribution is -2.48. The maximum atomic E-state index is 14.2. The van der Waals surface area contributed by atoms with Crippen molar-refractivity contribution in [2.45, 2.75) is 25.8 Å². The molecule has 3 aromatic carbocycles. The quantitative estimate of drug-likeness (QED) is 0.181. The lowest BCUT2D eigenvalue weighted by Gasteiger charge is -2.36. The molecule has 5 rings (SSSR count). The standard InChI is InChI=1S/C31H31N4O3P/c1-2-34-30(37)28(21-13-23-33-29(36)27-20-12-22-32-27)35(31(34)38)39(24-14-6-3-7-15-24,25-16-8-4-9-17-25)26-18-10-5-11-19-26/h3-12,14-20,22,28H,2,13,21,23H2,1H3,(H-,32,33,36)/p+1. The average Bonchev–Trinajstić information content (AvgIpc) is 3.61. The fourth-order valence-corrected chi connectivity index (χ4v) is 9.77. The zero-order valence-corrected chi connectivity index (χ0v) is 22.8. The molecule has 0 spiro atoms. The SMILES string of the molecule is CCN1C(=O)C(CCCNC(=O)c2ccc[nH]2)N([P+](c2ccccc2)(c2ccccc2)c2ccccc2)C1=O. The number of imide groups is 1. The van der Waals surface area contributed by atoms with E-state index in [2.05, 4.69) is 46.7 Å². The number of rotatable bonds is 10. The molecule has 8 heteroatoms. The fourth-order valence-electron chi connectivity index (χ4n) is 5.33. The highest BCUT2D eigenvalue weighted by Gasteiger charge is 2.63. The Balaban J connectivity index is 1.58. The van der Waals surface area contributed by atoms with Crippen LogP contribution >= 0.6 is 7.41 Å². The Kier molecular flexibility index (Phi) is 7.89. The second kappa shape index (κ2) is 11.7. The van der Waals surface area contributed by atoms with E-state index in [1.165, 1.54) is 4.90 Å². The van der Waals surface area contributed by atoms with Gasteiger partial charge >= 0.3 is 6.03 Å². The fraction of sp³-hybridized carbons (Fsp3) is 0.194. The van der Waals surface area contributed by atoms with E-state index in [1.807, 2.05) is 66.2 Å². The minimum atomic E-state index is -2.78. The van der Waals surface area contributed by atoms with Gasteiger partial charge in [0.1, 0.15) is 21.6 Å². The number of hydrogen-bond acceptors (Lipinski definition) is 3. The van der Waals surface area contributed by atoms with E-state index >= 15 is 0 Å². The average molecular weight is 540 g/mol. The lowest BCUT2D eigenvalue weighted by atomic mass is 10.1. The molecule has 0 radical (unpaired) electrons. The van der Waals surface area contributed by atoms with Gasteiger partial charge in [0.2, 0.25) is 7.41 Å². The summed E-state index contributed by atoms with van der Waals surface area (Å²) in [6.45, 7) is 2.52. The molecule has 1 unspecified atom stereocenters. The molecule has 1 aromatic heterocycles. The number of aromatic nitrogens is 1. The van der Waals surface area contributed by atoms with Crippen molar-refractivity contribution in [2.24, 2.45) is 0 Å². The van der Waals surface area contributed by atoms with Crippen LogP contribution in [-0.2, 0) is 4.79 Å². The minimum absolute atomic E-state index is 0.189. The molecule has 0 bridgehead atoms. The van der Waals surface area contributed by atoms with Crippen molar-refractivity contribution in [2.75, 3.05) is 13.1 Å². The van der Waals surface area contributed by atoms with Gasteiger partial charge in [-0.05, 0) is 68.3 Å². The minimum Gasteiger partial charge on any atom is -0.357 e. The van der Waals surface area contributed by atoms with E-state index in [4.69, 9.17) is 0 Å². The molecule has 1 saturated heterocycles. The lowest BCUT2D eigenvalue weighted by molar-refractivity contribution is -0.127. The number of carbonyl (C=O) groups excluding carboxylic acids is 3. The van der Waals surface area contributed by atoms with Crippen LogP contribution in [0.1, 0.15) is 30.3 Å². The highest BCUT2D eigenvalue weighted by Crippen LogP contribution is 2.61. The Morgan fingerprint density at radius 2 is 1.36 bits per heavy atom. The van der Waals surface area contributed by atoms with E-state index in [0.717, 1.165) is 15.9 Å². The first-order valence-electron chi connectivity index (χ1n) is 13.2. The third kappa shape index (κ3) is 4.86. The summed E-state index contributed by atoms with van der Waals surface area (Å²) in [6, 6.07) is 32.8. The number of nitrogens with one attached hydrogen (secondary N) is 2. The van der Waals surface area contributed by atoms with Crippen molar-refractivity contribution in [1.82, 2.24) is 19.9 Å². The molecule has 1 fully saturated rings. The van der Waals surface area contributed by atoms with Crippen LogP contribution in [0.25, 0.3) is 0 Å². The summed E-state index contributed by atoms with van der Waals surface area (Å²) in [5.74, 6) is -0.383. The molecule has 1 aliphatic heterocycles. The zero-order valence-electron chi connectivity index (χ0n) is 21.9. The summed E-state index contributed by atoms with van der Waals surface area (Å²) in [4.78, 5) is 44.7. The Bertz CT molecular complexity index is 1320. The van der Waals surface area contributed by atoms with Crippen LogP contribution in [0.3, 0.4) is 0 Å². The Labute approximate surface area is 229 Å². The summed E-state index contributed by atoms with van der Waals surface area (Å²) in [5, 5.41) is 5.94. The molecule has 1 atom stereocenters. The largest absolute Gasteiger partial charge is 0.360 e. The van der Waals surface area contributed by atoms with Crippen LogP contribution in [0, 0.1) is 0 Å². The van der Waals surface area contributed by atoms with Crippen LogP contribution < -0.4 is 21.2 Å². The van der Waals surface area contributed by atoms with Gasteiger partial charge in [0, 0.05) is 19.3 Å². The van der Waals surface area contributed by atoms with Gasteiger partial charge in [-0.3, -0.25) is 14.5 Å². The van der Waals surface area contributed by atoms with Gasteiger partial charge in [-0.1, -0.05) is 54.6 Å². The highest BCUT2D eigenvalue weighted by atomic mass is 31.2. The smallest absolute Gasteiger partial charge is 0.357 e. The van der Waals surface area contributed by atoms with Crippen molar-refractivity contribution in [3.63, 3.8) is 0 Å². The Morgan fingerprint density at radius 3 is 1.82 bits per heavy atom. The van der Waals surface area contributed by atoms with Crippen LogP contribution in [-0.4, -0.2) is 51.5 Å². The third-order valence-electron chi connectivity index (χ3n) is 7.08. The first-order chi connectivity index (χ1) is 19.1. The number of benzene rings is 3. The van der Waals surface area contributed by atoms with Crippen molar-refractivity contribution < 1.29 is 14.4 Å². The van der Waals surface area contributed by atoms with Gasteiger partial charge in [0.25, 0.3) is 11.8 Å². The maximum absolute atomic E-state index is 14.2. The van der Waals surface area contributed by atoms with Crippen LogP contribution in [0.4, 0.5) is 4.79 Å². The van der Waals surface area contributed by atoms with Gasteiger partial charge in [0.05, 0.1) is 0 Å². The van der Waals surface area contributed by atoms with E-state index in [0.29, 0.717) is 31.6 Å². The monoisotopic (exact) mass is 539 g/mol. The van der Waals surface area contributed by atoms with E-state index in [9.17, 15) is 14.4 Å². The van der Waals surface area contributed by atoms with Gasteiger partial charge in [0.15, 0.2) is 6.04 Å². The summed E-state index contributed by atoms with van der Waals surface area (Å²) in [5.41, 5.74) is 0.489. The van der Waals surface area contributed by atoms with E-state index in [1.54, 1.807) is 18.3 Å². The van der Waals surface area contributed by atoms with Gasteiger partial charge < -0.3 is 10.3 Å². The highest BCUT2D eigenvalue weighted by molar-refractivity contribution is 7.94. The molecule has 4 aromatic rings.